The Bertz CT molecular complexity index is 776. The number of carbonyl (C=O) groups excluding carboxylic acids is 1. The zero-order chi connectivity index (χ0) is 19.8. The molecule has 2 aromatic rings. The van der Waals surface area contributed by atoms with Crippen LogP contribution in [0.5, 0.6) is 0 Å². The van der Waals surface area contributed by atoms with Crippen LogP contribution < -0.4 is 5.73 Å². The van der Waals surface area contributed by atoms with Crippen molar-refractivity contribution in [2.24, 2.45) is 11.8 Å². The third-order valence-electron chi connectivity index (χ3n) is 4.28. The normalized spacial score (nSPS) is 11.5. The Morgan fingerprint density at radius 1 is 1.04 bits per heavy atom. The Morgan fingerprint density at radius 2 is 1.74 bits per heavy atom. The van der Waals surface area contributed by atoms with Crippen LogP contribution in [0, 0.1) is 11.8 Å². The molecule has 0 amide bonds. The second-order valence-corrected chi connectivity index (χ2v) is 7.77. The monoisotopic (exact) mass is 365 g/mol. The molecule has 0 aliphatic rings. The van der Waals surface area contributed by atoms with E-state index in [-0.39, 0.29) is 5.97 Å². The predicted molar refractivity (Wildman–Crippen MR) is 114 cm³/mol. The Labute approximate surface area is 163 Å². The summed E-state index contributed by atoms with van der Waals surface area (Å²) in [6.07, 6.45) is 5.81. The zero-order valence-electron chi connectivity index (χ0n) is 16.9. The summed E-state index contributed by atoms with van der Waals surface area (Å²) in [7, 11) is 0. The van der Waals surface area contributed by atoms with Crippen LogP contribution in [0.1, 0.15) is 54.7 Å². The summed E-state index contributed by atoms with van der Waals surface area (Å²) in [6, 6.07) is 14.0. The number of nitrogens with two attached hydrogens (primary N) is 1. The van der Waals surface area contributed by atoms with Crippen molar-refractivity contribution in [3.05, 3.63) is 70.8 Å². The number of ether oxygens (including phenoxy) is 1. The Morgan fingerprint density at radius 3 is 2.37 bits per heavy atom. The molecule has 0 aromatic heterocycles. The minimum absolute atomic E-state index is 0.295. The van der Waals surface area contributed by atoms with Gasteiger partial charge in [0.2, 0.25) is 0 Å². The molecule has 0 fully saturated rings. The van der Waals surface area contributed by atoms with Gasteiger partial charge >= 0.3 is 5.97 Å². The minimum atomic E-state index is -0.342. The number of nitrogen functional groups attached to an aromatic ring is 1. The van der Waals surface area contributed by atoms with Crippen molar-refractivity contribution in [2.75, 3.05) is 12.3 Å². The molecule has 27 heavy (non-hydrogen) atoms. The molecule has 0 aliphatic carbocycles. The summed E-state index contributed by atoms with van der Waals surface area (Å²) in [5, 5.41) is 0. The molecule has 0 atom stereocenters. The fourth-order valence-corrected chi connectivity index (χ4v) is 2.96. The number of esters is 1. The molecule has 144 valence electrons. The molecule has 0 unspecified atom stereocenters. The maximum absolute atomic E-state index is 12.4. The fraction of sp³-hybridized carbons (Fsp3) is 0.375. The predicted octanol–water partition coefficient (Wildman–Crippen LogP) is 5.54. The highest BCUT2D eigenvalue weighted by atomic mass is 16.5. The van der Waals surface area contributed by atoms with Crippen LogP contribution >= 0.6 is 0 Å². The van der Waals surface area contributed by atoms with Crippen LogP contribution in [-0.2, 0) is 17.6 Å². The van der Waals surface area contributed by atoms with Crippen molar-refractivity contribution in [1.29, 1.82) is 0 Å². The van der Waals surface area contributed by atoms with E-state index < -0.39 is 0 Å². The number of hydrogen-bond donors (Lipinski definition) is 1. The van der Waals surface area contributed by atoms with E-state index in [4.69, 9.17) is 10.5 Å². The van der Waals surface area contributed by atoms with Gasteiger partial charge in [-0.05, 0) is 47.4 Å². The molecule has 0 aliphatic heterocycles. The van der Waals surface area contributed by atoms with Crippen molar-refractivity contribution >= 4 is 17.7 Å². The molecule has 2 rings (SSSR count). The highest BCUT2D eigenvalue weighted by Crippen LogP contribution is 2.26. The van der Waals surface area contributed by atoms with E-state index in [1.54, 1.807) is 6.07 Å². The number of benzene rings is 2. The van der Waals surface area contributed by atoms with Gasteiger partial charge in [-0.1, -0.05) is 76.2 Å². The van der Waals surface area contributed by atoms with Gasteiger partial charge in [0.05, 0.1) is 12.2 Å². The second-order valence-electron chi connectivity index (χ2n) is 7.77. The second kappa shape index (κ2) is 9.96. The van der Waals surface area contributed by atoms with E-state index in [1.807, 2.05) is 38.1 Å². The molecule has 3 nitrogen and oxygen atoms in total. The van der Waals surface area contributed by atoms with Crippen LogP contribution in [0.2, 0.25) is 0 Å². The minimum Gasteiger partial charge on any atom is -0.462 e. The quantitative estimate of drug-likeness (QED) is 0.494. The topological polar surface area (TPSA) is 52.3 Å². The lowest BCUT2D eigenvalue weighted by molar-refractivity contribution is 0.0460. The number of allylic oxidation sites excluding steroid dienone is 1. The summed E-state index contributed by atoms with van der Waals surface area (Å²) >= 11 is 0. The van der Waals surface area contributed by atoms with Gasteiger partial charge in [-0.3, -0.25) is 0 Å². The van der Waals surface area contributed by atoms with Gasteiger partial charge in [-0.25, -0.2) is 4.79 Å². The lowest BCUT2D eigenvalue weighted by atomic mass is 9.92. The molecule has 0 radical (unpaired) electrons. The maximum Gasteiger partial charge on any atom is 0.340 e. The van der Waals surface area contributed by atoms with Gasteiger partial charge in [0.15, 0.2) is 0 Å². The average Bonchev–Trinajstić information content (AvgIpc) is 2.62. The number of rotatable bonds is 8. The van der Waals surface area contributed by atoms with Gasteiger partial charge in [0.1, 0.15) is 0 Å². The first-order valence-corrected chi connectivity index (χ1v) is 9.67. The summed E-state index contributed by atoms with van der Waals surface area (Å²) in [5.74, 6) is 0.467. The van der Waals surface area contributed by atoms with Gasteiger partial charge in [0.25, 0.3) is 0 Å². The Hall–Kier alpha value is -2.55. The lowest BCUT2D eigenvalue weighted by Crippen LogP contribution is -2.14. The van der Waals surface area contributed by atoms with E-state index in [0.29, 0.717) is 36.1 Å². The molecule has 0 saturated carbocycles. The van der Waals surface area contributed by atoms with E-state index in [0.717, 1.165) is 17.5 Å². The molecular weight excluding hydrogens is 334 g/mol. The van der Waals surface area contributed by atoms with Crippen LogP contribution in [0.15, 0.2) is 48.5 Å². The third-order valence-corrected chi connectivity index (χ3v) is 4.28. The average molecular weight is 366 g/mol. The molecule has 2 aromatic carbocycles. The van der Waals surface area contributed by atoms with Crippen molar-refractivity contribution in [3.63, 3.8) is 0 Å². The van der Waals surface area contributed by atoms with Crippen LogP contribution in [0.4, 0.5) is 5.69 Å². The van der Waals surface area contributed by atoms with E-state index >= 15 is 0 Å². The number of carbonyl (C=O) groups is 1. The largest absolute Gasteiger partial charge is 0.462 e. The molecule has 0 saturated heterocycles. The molecule has 0 spiro atoms. The van der Waals surface area contributed by atoms with Crippen LogP contribution in [0.25, 0.3) is 6.08 Å². The smallest absolute Gasteiger partial charge is 0.340 e. The van der Waals surface area contributed by atoms with E-state index in [1.165, 1.54) is 5.56 Å². The van der Waals surface area contributed by atoms with Gasteiger partial charge in [-0.2, -0.15) is 0 Å². The Kier molecular flexibility index (Phi) is 7.66. The van der Waals surface area contributed by atoms with Gasteiger partial charge < -0.3 is 10.5 Å². The summed E-state index contributed by atoms with van der Waals surface area (Å²) in [5.41, 5.74) is 10.8. The highest BCUT2D eigenvalue weighted by molar-refractivity contribution is 5.96. The maximum atomic E-state index is 12.4. The standard InChI is InChI=1S/C24H31NO2/c1-17(2)15-20-13-14-22(24(26)27-16-18(3)4)23(25)21(20)12-8-11-19-9-6-5-7-10-19/h5-11,13-14,17-18H,12,15-16,25H2,1-4H3. The first-order chi connectivity index (χ1) is 12.9. The molecule has 2 N–H and O–H groups in total. The third kappa shape index (κ3) is 6.28. The zero-order valence-corrected chi connectivity index (χ0v) is 16.9. The van der Waals surface area contributed by atoms with E-state index in [2.05, 4.69) is 38.1 Å². The summed E-state index contributed by atoms with van der Waals surface area (Å²) in [6.45, 7) is 8.80. The summed E-state index contributed by atoms with van der Waals surface area (Å²) in [4.78, 5) is 12.4. The van der Waals surface area contributed by atoms with Crippen molar-refractivity contribution in [2.45, 2.75) is 40.5 Å². The van der Waals surface area contributed by atoms with Crippen molar-refractivity contribution < 1.29 is 9.53 Å². The van der Waals surface area contributed by atoms with Gasteiger partial charge in [0, 0.05) is 5.69 Å². The lowest BCUT2D eigenvalue weighted by Gasteiger charge is -2.16. The Balaban J connectivity index is 2.28. The van der Waals surface area contributed by atoms with Crippen LogP contribution in [-0.4, -0.2) is 12.6 Å². The number of anilines is 1. The van der Waals surface area contributed by atoms with Crippen molar-refractivity contribution in [3.8, 4) is 0 Å². The van der Waals surface area contributed by atoms with Crippen LogP contribution in [0.3, 0.4) is 0 Å². The van der Waals surface area contributed by atoms with Gasteiger partial charge in [-0.15, -0.1) is 0 Å². The molecular formula is C24H31NO2. The summed E-state index contributed by atoms with van der Waals surface area (Å²) < 4.78 is 5.38. The first kappa shape index (κ1) is 20.8. The molecule has 0 bridgehead atoms. The molecule has 0 heterocycles. The van der Waals surface area contributed by atoms with E-state index in [9.17, 15) is 4.79 Å². The SMILES string of the molecule is CC(C)COC(=O)c1ccc(CC(C)C)c(CC=Cc2ccccc2)c1N. The highest BCUT2D eigenvalue weighted by Gasteiger charge is 2.17. The first-order valence-electron chi connectivity index (χ1n) is 9.67. The fourth-order valence-electron chi connectivity index (χ4n) is 2.96. The van der Waals surface area contributed by atoms with Crippen molar-refractivity contribution in [1.82, 2.24) is 0 Å². The molecule has 3 heteroatoms. The number of hydrogen-bond acceptors (Lipinski definition) is 3.